The molecule has 2 N–H and O–H groups in total. The van der Waals surface area contributed by atoms with E-state index < -0.39 is 0 Å². The number of carbonyl (C=O) groups excluding carboxylic acids is 1. The Morgan fingerprint density at radius 3 is 2.88 bits per heavy atom. The van der Waals surface area contributed by atoms with Crippen molar-refractivity contribution in [3.8, 4) is 5.75 Å². The second-order valence-electron chi connectivity index (χ2n) is 4.02. The smallest absolute Gasteiger partial charge is 0.211 e. The lowest BCUT2D eigenvalue weighted by molar-refractivity contribution is -0.105. The van der Waals surface area contributed by atoms with E-state index in [0.717, 1.165) is 31.3 Å². The number of rotatable bonds is 7. The van der Waals surface area contributed by atoms with Gasteiger partial charge >= 0.3 is 0 Å². The van der Waals surface area contributed by atoms with Gasteiger partial charge in [0.1, 0.15) is 5.75 Å². The van der Waals surface area contributed by atoms with E-state index in [1.807, 2.05) is 0 Å². The lowest BCUT2D eigenvalue weighted by Gasteiger charge is -2.12. The predicted molar refractivity (Wildman–Crippen MR) is 71.0 cm³/mol. The van der Waals surface area contributed by atoms with Crippen LogP contribution >= 0.6 is 0 Å². The van der Waals surface area contributed by atoms with Crippen LogP contribution in [0.5, 0.6) is 5.75 Å². The topological polar surface area (TPSA) is 49.3 Å². The van der Waals surface area contributed by atoms with Crippen LogP contribution in [0.25, 0.3) is 5.57 Å². The number of anilines is 1. The normalized spacial score (nSPS) is 9.94. The molecule has 0 fully saturated rings. The van der Waals surface area contributed by atoms with E-state index >= 15 is 0 Å². The molecule has 0 unspecified atom stereocenters. The summed E-state index contributed by atoms with van der Waals surface area (Å²) in [4.78, 5) is 10.5. The Kier molecular flexibility index (Phi) is 5.27. The summed E-state index contributed by atoms with van der Waals surface area (Å²) in [7, 11) is 0. The van der Waals surface area contributed by atoms with Crippen molar-refractivity contribution in [1.29, 1.82) is 0 Å². The number of unbranched alkanes of at least 4 members (excludes halogenated alkanes) is 2. The van der Waals surface area contributed by atoms with Crippen LogP contribution in [0, 0.1) is 0 Å². The molecule has 1 amide bonds. The average molecular weight is 233 g/mol. The summed E-state index contributed by atoms with van der Waals surface area (Å²) in [5, 5.41) is 12.4. The third-order valence-electron chi connectivity index (χ3n) is 2.69. The van der Waals surface area contributed by atoms with Gasteiger partial charge < -0.3 is 10.4 Å². The highest BCUT2D eigenvalue weighted by Gasteiger charge is 2.10. The maximum Gasteiger partial charge on any atom is 0.211 e. The van der Waals surface area contributed by atoms with Gasteiger partial charge in [-0.2, -0.15) is 0 Å². The van der Waals surface area contributed by atoms with Crippen molar-refractivity contribution in [1.82, 2.24) is 0 Å². The molecule has 3 nitrogen and oxygen atoms in total. The Balaban J connectivity index is 2.86. The Bertz CT molecular complexity index is 399. The zero-order valence-corrected chi connectivity index (χ0v) is 10.2. The van der Waals surface area contributed by atoms with Gasteiger partial charge in [-0.15, -0.1) is 0 Å². The van der Waals surface area contributed by atoms with Crippen molar-refractivity contribution in [2.24, 2.45) is 0 Å². The van der Waals surface area contributed by atoms with Crippen LogP contribution in [0.15, 0.2) is 24.8 Å². The number of phenols is 1. The number of amides is 1. The molecule has 0 atom stereocenters. The predicted octanol–water partition coefficient (Wildman–Crippen LogP) is 3.55. The molecule has 0 bridgehead atoms. The first kappa shape index (κ1) is 13.3. The van der Waals surface area contributed by atoms with Crippen molar-refractivity contribution in [3.63, 3.8) is 0 Å². The maximum absolute atomic E-state index is 10.5. The van der Waals surface area contributed by atoms with E-state index in [-0.39, 0.29) is 5.75 Å². The SMILES string of the molecule is C=C(CCCCC)c1c(O)cccc1NC=O. The Labute approximate surface area is 102 Å². The van der Waals surface area contributed by atoms with Crippen LogP contribution in [0.3, 0.4) is 0 Å². The number of hydrogen-bond acceptors (Lipinski definition) is 2. The molecule has 0 saturated heterocycles. The minimum absolute atomic E-state index is 0.165. The van der Waals surface area contributed by atoms with Gasteiger partial charge in [0, 0.05) is 5.56 Å². The summed E-state index contributed by atoms with van der Waals surface area (Å²) in [5.41, 5.74) is 2.12. The van der Waals surface area contributed by atoms with Crippen LogP contribution in [0.2, 0.25) is 0 Å². The van der Waals surface area contributed by atoms with Crippen molar-refractivity contribution in [2.45, 2.75) is 32.6 Å². The zero-order chi connectivity index (χ0) is 12.7. The van der Waals surface area contributed by atoms with Crippen molar-refractivity contribution in [2.75, 3.05) is 5.32 Å². The molecule has 0 radical (unpaired) electrons. The minimum atomic E-state index is 0.165. The highest BCUT2D eigenvalue weighted by atomic mass is 16.3. The molecule has 0 saturated carbocycles. The van der Waals surface area contributed by atoms with Gasteiger partial charge in [-0.05, 0) is 30.5 Å². The summed E-state index contributed by atoms with van der Waals surface area (Å²) < 4.78 is 0. The van der Waals surface area contributed by atoms with E-state index in [4.69, 9.17) is 0 Å². The number of allylic oxidation sites excluding steroid dienone is 1. The van der Waals surface area contributed by atoms with Crippen LogP contribution in [0.1, 0.15) is 38.2 Å². The largest absolute Gasteiger partial charge is 0.507 e. The number of carbonyl (C=O) groups is 1. The standard InChI is InChI=1S/C14H19NO2/c1-3-4-5-7-11(2)14-12(15-10-16)8-6-9-13(14)17/h6,8-10,17H,2-5,7H2,1H3,(H,15,16). The molecule has 17 heavy (non-hydrogen) atoms. The third kappa shape index (κ3) is 3.63. The van der Waals surface area contributed by atoms with Gasteiger partial charge in [-0.1, -0.05) is 32.4 Å². The number of benzene rings is 1. The monoisotopic (exact) mass is 233 g/mol. The lowest BCUT2D eigenvalue weighted by Crippen LogP contribution is -1.98. The van der Waals surface area contributed by atoms with Gasteiger partial charge in [0.15, 0.2) is 0 Å². The molecule has 1 rings (SSSR count). The highest BCUT2D eigenvalue weighted by molar-refractivity contribution is 5.85. The molecule has 1 aromatic rings. The fourth-order valence-corrected chi connectivity index (χ4v) is 1.81. The first-order valence-corrected chi connectivity index (χ1v) is 5.91. The summed E-state index contributed by atoms with van der Waals surface area (Å²) in [6, 6.07) is 5.06. The third-order valence-corrected chi connectivity index (χ3v) is 2.69. The zero-order valence-electron chi connectivity index (χ0n) is 10.2. The molecule has 0 aromatic heterocycles. The quantitative estimate of drug-likeness (QED) is 0.559. The van der Waals surface area contributed by atoms with Crippen molar-refractivity contribution < 1.29 is 9.90 Å². The van der Waals surface area contributed by atoms with Gasteiger partial charge in [-0.25, -0.2) is 0 Å². The first-order valence-electron chi connectivity index (χ1n) is 5.91. The molecule has 0 spiro atoms. The lowest BCUT2D eigenvalue weighted by atomic mass is 9.98. The molecule has 3 heteroatoms. The van der Waals surface area contributed by atoms with E-state index in [9.17, 15) is 9.90 Å². The fourth-order valence-electron chi connectivity index (χ4n) is 1.81. The number of aromatic hydroxyl groups is 1. The van der Waals surface area contributed by atoms with Gasteiger partial charge in [0.05, 0.1) is 5.69 Å². The number of nitrogens with one attached hydrogen (secondary N) is 1. The summed E-state index contributed by atoms with van der Waals surface area (Å²) in [6.07, 6.45) is 4.78. The average Bonchev–Trinajstić information content (AvgIpc) is 2.30. The van der Waals surface area contributed by atoms with Gasteiger partial charge in [0.2, 0.25) is 6.41 Å². The fraction of sp³-hybridized carbons (Fsp3) is 0.357. The molecular weight excluding hydrogens is 214 g/mol. The molecule has 0 aliphatic rings. The minimum Gasteiger partial charge on any atom is -0.507 e. The Morgan fingerprint density at radius 1 is 1.47 bits per heavy atom. The molecule has 0 aliphatic heterocycles. The summed E-state index contributed by atoms with van der Waals surface area (Å²) in [6.45, 7) is 6.13. The van der Waals surface area contributed by atoms with Crippen LogP contribution in [-0.4, -0.2) is 11.5 Å². The van der Waals surface area contributed by atoms with Crippen molar-refractivity contribution in [3.05, 3.63) is 30.3 Å². The highest BCUT2D eigenvalue weighted by Crippen LogP contribution is 2.33. The molecule has 92 valence electrons. The Hall–Kier alpha value is -1.77. The first-order chi connectivity index (χ1) is 8.20. The number of phenolic OH excluding ortho intramolecular Hbond substituents is 1. The van der Waals surface area contributed by atoms with E-state index in [1.54, 1.807) is 18.2 Å². The van der Waals surface area contributed by atoms with Crippen molar-refractivity contribution >= 4 is 17.7 Å². The van der Waals surface area contributed by atoms with Crippen LogP contribution < -0.4 is 5.32 Å². The number of hydrogen-bond donors (Lipinski definition) is 2. The second-order valence-corrected chi connectivity index (χ2v) is 4.02. The molecular formula is C14H19NO2. The summed E-state index contributed by atoms with van der Waals surface area (Å²) >= 11 is 0. The van der Waals surface area contributed by atoms with Crippen LogP contribution in [0.4, 0.5) is 5.69 Å². The van der Waals surface area contributed by atoms with E-state index in [0.29, 0.717) is 17.7 Å². The Morgan fingerprint density at radius 2 is 2.24 bits per heavy atom. The van der Waals surface area contributed by atoms with E-state index in [1.165, 1.54) is 0 Å². The summed E-state index contributed by atoms with van der Waals surface area (Å²) in [5.74, 6) is 0.165. The maximum atomic E-state index is 10.5. The molecule has 0 heterocycles. The molecule has 1 aromatic carbocycles. The van der Waals surface area contributed by atoms with Crippen LogP contribution in [-0.2, 0) is 4.79 Å². The second kappa shape index (κ2) is 6.74. The van der Waals surface area contributed by atoms with Gasteiger partial charge in [0.25, 0.3) is 0 Å². The van der Waals surface area contributed by atoms with Gasteiger partial charge in [-0.3, -0.25) is 4.79 Å². The molecule has 0 aliphatic carbocycles. The van der Waals surface area contributed by atoms with E-state index in [2.05, 4.69) is 18.8 Å².